The summed E-state index contributed by atoms with van der Waals surface area (Å²) in [7, 11) is 0. The molecule has 0 spiro atoms. The Morgan fingerprint density at radius 3 is 1.96 bits per heavy atom. The Morgan fingerprint density at radius 2 is 1.43 bits per heavy atom. The first-order chi connectivity index (χ1) is 10.7. The molecule has 11 heteroatoms. The lowest BCUT2D eigenvalue weighted by Gasteiger charge is -2.40. The molecule has 2 aliphatic heterocycles. The highest BCUT2D eigenvalue weighted by Gasteiger charge is 2.54. The minimum absolute atomic E-state index is 0.652. The van der Waals surface area contributed by atoms with Gasteiger partial charge in [0.25, 0.3) is 0 Å². The van der Waals surface area contributed by atoms with Gasteiger partial charge in [-0.15, -0.1) is 0 Å². The SMILES string of the molecule is OC[C@H]1OC(O)(COC2O[C@H](CO)[C@@H](O)[C@H](O)[C@H]2O)[C@@H](O)[C@@H]1O. The average molecular weight is 342 g/mol. The highest BCUT2D eigenvalue weighted by molar-refractivity contribution is 4.96. The van der Waals surface area contributed by atoms with Gasteiger partial charge in [0, 0.05) is 0 Å². The monoisotopic (exact) mass is 342 g/mol. The molecule has 2 unspecified atom stereocenters. The Morgan fingerprint density at radius 1 is 0.826 bits per heavy atom. The van der Waals surface area contributed by atoms with Gasteiger partial charge in [-0.2, -0.15) is 0 Å². The molecule has 8 N–H and O–H groups in total. The van der Waals surface area contributed by atoms with Crippen molar-refractivity contribution >= 4 is 0 Å². The van der Waals surface area contributed by atoms with Gasteiger partial charge >= 0.3 is 0 Å². The van der Waals surface area contributed by atoms with E-state index in [1.807, 2.05) is 0 Å². The smallest absolute Gasteiger partial charge is 0.219 e. The van der Waals surface area contributed by atoms with Crippen LogP contribution in [0.15, 0.2) is 0 Å². The number of rotatable bonds is 5. The molecule has 9 atom stereocenters. The van der Waals surface area contributed by atoms with E-state index in [0.717, 1.165) is 0 Å². The average Bonchev–Trinajstić information content (AvgIpc) is 2.76. The summed E-state index contributed by atoms with van der Waals surface area (Å²) < 4.78 is 15.1. The summed E-state index contributed by atoms with van der Waals surface area (Å²) in [5.74, 6) is -2.37. The van der Waals surface area contributed by atoms with Gasteiger partial charge in [-0.3, -0.25) is 0 Å². The maximum atomic E-state index is 10.1. The van der Waals surface area contributed by atoms with Gasteiger partial charge in [-0.05, 0) is 0 Å². The third kappa shape index (κ3) is 3.50. The molecule has 2 rings (SSSR count). The van der Waals surface area contributed by atoms with Gasteiger partial charge in [0.1, 0.15) is 49.3 Å². The zero-order valence-electron chi connectivity index (χ0n) is 12.0. The van der Waals surface area contributed by atoms with Gasteiger partial charge in [-0.25, -0.2) is 0 Å². The van der Waals surface area contributed by atoms with Crippen LogP contribution in [-0.2, 0) is 14.2 Å². The van der Waals surface area contributed by atoms with Gasteiger partial charge < -0.3 is 55.1 Å². The molecule has 23 heavy (non-hydrogen) atoms. The van der Waals surface area contributed by atoms with Crippen LogP contribution in [0.1, 0.15) is 0 Å². The molecule has 136 valence electrons. The Labute approximate surface area is 130 Å². The summed E-state index contributed by atoms with van der Waals surface area (Å²) in [4.78, 5) is 0. The lowest BCUT2D eigenvalue weighted by Crippen LogP contribution is -2.60. The highest BCUT2D eigenvalue weighted by Crippen LogP contribution is 2.31. The molecule has 0 aromatic rings. The van der Waals surface area contributed by atoms with Gasteiger partial charge in [0.15, 0.2) is 6.29 Å². The third-order valence-corrected chi connectivity index (χ3v) is 4.00. The molecule has 2 fully saturated rings. The molecule has 0 radical (unpaired) electrons. The lowest BCUT2D eigenvalue weighted by molar-refractivity contribution is -0.332. The Bertz CT molecular complexity index is 393. The zero-order valence-corrected chi connectivity index (χ0v) is 12.0. The summed E-state index contributed by atoms with van der Waals surface area (Å²) in [6, 6.07) is 0. The number of aliphatic hydroxyl groups excluding tert-OH is 7. The van der Waals surface area contributed by atoms with Crippen LogP contribution in [0.5, 0.6) is 0 Å². The van der Waals surface area contributed by atoms with Crippen LogP contribution in [0.2, 0.25) is 0 Å². The van der Waals surface area contributed by atoms with E-state index in [-0.39, 0.29) is 0 Å². The van der Waals surface area contributed by atoms with E-state index in [0.29, 0.717) is 0 Å². The van der Waals surface area contributed by atoms with Gasteiger partial charge in [0.2, 0.25) is 5.79 Å². The quantitative estimate of drug-likeness (QED) is 0.238. The number of ether oxygens (including phenoxy) is 3. The molecule has 0 aromatic heterocycles. The van der Waals surface area contributed by atoms with Crippen LogP contribution >= 0.6 is 0 Å². The second-order valence-electron chi connectivity index (χ2n) is 5.63. The molecule has 0 aliphatic carbocycles. The van der Waals surface area contributed by atoms with Gasteiger partial charge in [0.05, 0.1) is 13.2 Å². The third-order valence-electron chi connectivity index (χ3n) is 4.00. The van der Waals surface area contributed by atoms with Crippen molar-refractivity contribution in [3.8, 4) is 0 Å². The molecule has 0 aromatic carbocycles. The number of hydrogen-bond donors (Lipinski definition) is 8. The normalized spacial score (nSPS) is 51.1. The van der Waals surface area contributed by atoms with Crippen molar-refractivity contribution in [1.29, 1.82) is 0 Å². The zero-order chi connectivity index (χ0) is 17.4. The van der Waals surface area contributed by atoms with Crippen LogP contribution in [0.3, 0.4) is 0 Å². The summed E-state index contributed by atoms with van der Waals surface area (Å²) >= 11 is 0. The molecular formula is C12H22O11. The first kappa shape index (κ1) is 18.9. The van der Waals surface area contributed by atoms with E-state index < -0.39 is 74.6 Å². The second-order valence-corrected chi connectivity index (χ2v) is 5.63. The van der Waals surface area contributed by atoms with E-state index in [4.69, 9.17) is 24.4 Å². The van der Waals surface area contributed by atoms with Crippen molar-refractivity contribution in [2.45, 2.75) is 54.8 Å². The molecule has 11 nitrogen and oxygen atoms in total. The van der Waals surface area contributed by atoms with E-state index >= 15 is 0 Å². The predicted octanol–water partition coefficient (Wildman–Crippen LogP) is -5.40. The maximum Gasteiger partial charge on any atom is 0.219 e. The number of hydrogen-bond acceptors (Lipinski definition) is 11. The van der Waals surface area contributed by atoms with Crippen molar-refractivity contribution in [3.63, 3.8) is 0 Å². The minimum Gasteiger partial charge on any atom is -0.394 e. The first-order valence-corrected chi connectivity index (χ1v) is 7.04. The number of aliphatic hydroxyl groups is 8. The molecular weight excluding hydrogens is 320 g/mol. The largest absolute Gasteiger partial charge is 0.394 e. The van der Waals surface area contributed by atoms with Crippen LogP contribution in [-0.4, -0.2) is 115 Å². The van der Waals surface area contributed by atoms with Crippen LogP contribution in [0.4, 0.5) is 0 Å². The van der Waals surface area contributed by atoms with Crippen LogP contribution < -0.4 is 0 Å². The van der Waals surface area contributed by atoms with Crippen molar-refractivity contribution < 1.29 is 55.1 Å². The summed E-state index contributed by atoms with van der Waals surface area (Å²) in [5.41, 5.74) is 0. The minimum atomic E-state index is -2.37. The van der Waals surface area contributed by atoms with Crippen molar-refractivity contribution in [3.05, 3.63) is 0 Å². The Balaban J connectivity index is 1.99. The van der Waals surface area contributed by atoms with E-state index in [1.54, 1.807) is 0 Å². The predicted molar refractivity (Wildman–Crippen MR) is 68.6 cm³/mol. The van der Waals surface area contributed by atoms with Crippen LogP contribution in [0, 0.1) is 0 Å². The van der Waals surface area contributed by atoms with E-state index in [1.165, 1.54) is 0 Å². The first-order valence-electron chi connectivity index (χ1n) is 7.04. The van der Waals surface area contributed by atoms with Crippen molar-refractivity contribution in [2.24, 2.45) is 0 Å². The fourth-order valence-corrected chi connectivity index (χ4v) is 2.54. The lowest BCUT2D eigenvalue weighted by atomic mass is 9.99. The van der Waals surface area contributed by atoms with E-state index in [9.17, 15) is 30.6 Å². The molecule has 0 bridgehead atoms. The second kappa shape index (κ2) is 7.21. The highest BCUT2D eigenvalue weighted by atomic mass is 16.7. The topological polar surface area (TPSA) is 190 Å². The van der Waals surface area contributed by atoms with E-state index in [2.05, 4.69) is 0 Å². The Kier molecular flexibility index (Phi) is 5.92. The molecule has 2 heterocycles. The molecule has 2 saturated heterocycles. The van der Waals surface area contributed by atoms with Crippen molar-refractivity contribution in [1.82, 2.24) is 0 Å². The fourth-order valence-electron chi connectivity index (χ4n) is 2.54. The standard InChI is InChI=1S/C12H22O11/c13-1-4-6(15)8(17)9(18)11(22-4)21-3-12(20)10(19)7(16)5(2-14)23-12/h4-11,13-20H,1-3H2/t4-,5-,6-,7-,8+,9-,10+,11?,12?/m1/s1. The Hall–Kier alpha value is -0.440. The summed E-state index contributed by atoms with van der Waals surface area (Å²) in [5, 5.41) is 76.5. The maximum absolute atomic E-state index is 10.1. The van der Waals surface area contributed by atoms with Crippen molar-refractivity contribution in [2.75, 3.05) is 19.8 Å². The summed E-state index contributed by atoms with van der Waals surface area (Å²) in [6.45, 7) is -2.08. The molecule has 0 saturated carbocycles. The van der Waals surface area contributed by atoms with Crippen LogP contribution in [0.25, 0.3) is 0 Å². The molecule has 0 amide bonds. The van der Waals surface area contributed by atoms with Gasteiger partial charge in [-0.1, -0.05) is 0 Å². The molecule has 2 aliphatic rings. The fraction of sp³-hybridized carbons (Fsp3) is 1.00. The summed E-state index contributed by atoms with van der Waals surface area (Å²) in [6.07, 6.45) is -12.2.